The van der Waals surface area contributed by atoms with Crippen LogP contribution in [0.25, 0.3) is 0 Å². The molecule has 3 heteroatoms. The normalized spacial score (nSPS) is 11.4. The molecule has 1 aromatic rings. The number of esters is 1. The summed E-state index contributed by atoms with van der Waals surface area (Å²) in [5.74, 6) is -0.286. The van der Waals surface area contributed by atoms with E-state index in [2.05, 4.69) is 30.5 Å². The molecule has 0 saturated carbocycles. The zero-order chi connectivity index (χ0) is 10.1. The molecule has 0 atom stereocenters. The number of ether oxygens (including phenoxy) is 1. The van der Waals surface area contributed by atoms with Crippen LogP contribution in [0.3, 0.4) is 0 Å². The first kappa shape index (κ1) is 9.84. The van der Waals surface area contributed by atoms with Crippen molar-refractivity contribution in [2.75, 3.05) is 7.11 Å². The van der Waals surface area contributed by atoms with Crippen molar-refractivity contribution in [2.24, 2.45) is 0 Å². The van der Waals surface area contributed by atoms with Crippen molar-refractivity contribution in [1.29, 1.82) is 0 Å². The molecule has 0 unspecified atom stereocenters. The van der Waals surface area contributed by atoms with E-state index >= 15 is 0 Å². The first-order chi connectivity index (χ1) is 5.96. The highest BCUT2D eigenvalue weighted by molar-refractivity contribution is 5.91. The number of hydrogen-bond donors (Lipinski definition) is 1. The van der Waals surface area contributed by atoms with E-state index in [0.717, 1.165) is 5.56 Å². The quantitative estimate of drug-likeness (QED) is 0.674. The highest BCUT2D eigenvalue weighted by atomic mass is 16.5. The number of rotatable bonds is 1. The van der Waals surface area contributed by atoms with E-state index in [9.17, 15) is 4.79 Å². The van der Waals surface area contributed by atoms with E-state index in [4.69, 9.17) is 0 Å². The number of nitrogens with one attached hydrogen (secondary N) is 1. The van der Waals surface area contributed by atoms with Crippen molar-refractivity contribution in [3.63, 3.8) is 0 Å². The molecule has 0 aliphatic heterocycles. The van der Waals surface area contributed by atoms with Gasteiger partial charge in [0.15, 0.2) is 0 Å². The maximum atomic E-state index is 11.3. The Morgan fingerprint density at radius 3 is 2.46 bits per heavy atom. The van der Waals surface area contributed by atoms with Gasteiger partial charge in [0.05, 0.1) is 12.7 Å². The molecule has 0 amide bonds. The maximum Gasteiger partial charge on any atom is 0.339 e. The summed E-state index contributed by atoms with van der Waals surface area (Å²) in [5.41, 5.74) is 1.57. The molecule has 0 saturated heterocycles. The van der Waals surface area contributed by atoms with Crippen molar-refractivity contribution in [1.82, 2.24) is 4.98 Å². The molecule has 72 valence electrons. The summed E-state index contributed by atoms with van der Waals surface area (Å²) in [6.45, 7) is 6.17. The molecule has 0 fully saturated rings. The standard InChI is InChI=1S/C10H15NO2/c1-10(2,3)8-6-11-5-7(8)9(12)13-4/h5-6,11H,1-4H3. The predicted octanol–water partition coefficient (Wildman–Crippen LogP) is 2.10. The molecule has 0 aliphatic rings. The van der Waals surface area contributed by atoms with E-state index in [1.165, 1.54) is 7.11 Å². The minimum Gasteiger partial charge on any atom is -0.465 e. The molecule has 1 heterocycles. The minimum atomic E-state index is -0.286. The number of hydrogen-bond acceptors (Lipinski definition) is 2. The lowest BCUT2D eigenvalue weighted by molar-refractivity contribution is 0.0598. The van der Waals surface area contributed by atoms with Crippen LogP contribution in [-0.2, 0) is 10.2 Å². The number of carbonyl (C=O) groups is 1. The largest absolute Gasteiger partial charge is 0.465 e. The first-order valence-electron chi connectivity index (χ1n) is 4.22. The van der Waals surface area contributed by atoms with Crippen molar-refractivity contribution >= 4 is 5.97 Å². The van der Waals surface area contributed by atoms with E-state index in [-0.39, 0.29) is 11.4 Å². The average molecular weight is 181 g/mol. The molecule has 0 aromatic carbocycles. The third kappa shape index (κ3) is 1.91. The summed E-state index contributed by atoms with van der Waals surface area (Å²) < 4.78 is 4.67. The lowest BCUT2D eigenvalue weighted by Gasteiger charge is -2.18. The van der Waals surface area contributed by atoms with Crippen LogP contribution >= 0.6 is 0 Å². The molecule has 0 bridgehead atoms. The second-order valence-electron chi connectivity index (χ2n) is 4.02. The summed E-state index contributed by atoms with van der Waals surface area (Å²) in [6, 6.07) is 0. The lowest BCUT2D eigenvalue weighted by atomic mass is 9.86. The molecular weight excluding hydrogens is 166 g/mol. The Hall–Kier alpha value is -1.25. The second-order valence-corrected chi connectivity index (χ2v) is 4.02. The summed E-state index contributed by atoms with van der Waals surface area (Å²) in [4.78, 5) is 14.2. The Morgan fingerprint density at radius 1 is 1.38 bits per heavy atom. The van der Waals surface area contributed by atoms with E-state index < -0.39 is 0 Å². The first-order valence-corrected chi connectivity index (χ1v) is 4.22. The highest BCUT2D eigenvalue weighted by Crippen LogP contribution is 2.25. The smallest absolute Gasteiger partial charge is 0.339 e. The molecule has 3 nitrogen and oxygen atoms in total. The van der Waals surface area contributed by atoms with Crippen LogP contribution in [0.2, 0.25) is 0 Å². The number of aromatic nitrogens is 1. The average Bonchev–Trinajstić information content (AvgIpc) is 2.49. The molecule has 13 heavy (non-hydrogen) atoms. The van der Waals surface area contributed by atoms with Crippen molar-refractivity contribution in [3.05, 3.63) is 23.5 Å². The zero-order valence-corrected chi connectivity index (χ0v) is 8.47. The summed E-state index contributed by atoms with van der Waals surface area (Å²) in [5, 5.41) is 0. The number of carbonyl (C=O) groups excluding carboxylic acids is 1. The molecule has 1 rings (SSSR count). The van der Waals surface area contributed by atoms with Gasteiger partial charge in [-0.1, -0.05) is 20.8 Å². The van der Waals surface area contributed by atoms with Gasteiger partial charge in [-0.05, 0) is 11.0 Å². The SMILES string of the molecule is COC(=O)c1c[nH]cc1C(C)(C)C. The van der Waals surface area contributed by atoms with Crippen LogP contribution in [0.5, 0.6) is 0 Å². The molecule has 0 aliphatic carbocycles. The van der Waals surface area contributed by atoms with Gasteiger partial charge in [-0.15, -0.1) is 0 Å². The van der Waals surface area contributed by atoms with Gasteiger partial charge in [0, 0.05) is 12.4 Å². The summed E-state index contributed by atoms with van der Waals surface area (Å²) in [7, 11) is 1.39. The Bertz CT molecular complexity index is 307. The van der Waals surface area contributed by atoms with Crippen molar-refractivity contribution in [2.45, 2.75) is 26.2 Å². The van der Waals surface area contributed by atoms with Crippen LogP contribution in [0.15, 0.2) is 12.4 Å². The van der Waals surface area contributed by atoms with Gasteiger partial charge in [0.2, 0.25) is 0 Å². The van der Waals surface area contributed by atoms with Gasteiger partial charge in [0.25, 0.3) is 0 Å². The van der Waals surface area contributed by atoms with Gasteiger partial charge < -0.3 is 9.72 Å². The fraction of sp³-hybridized carbons (Fsp3) is 0.500. The Morgan fingerprint density at radius 2 is 2.00 bits per heavy atom. The second kappa shape index (κ2) is 3.24. The number of methoxy groups -OCH3 is 1. The molecule has 1 N–H and O–H groups in total. The fourth-order valence-electron chi connectivity index (χ4n) is 1.26. The number of H-pyrrole nitrogens is 1. The summed E-state index contributed by atoms with van der Waals surface area (Å²) >= 11 is 0. The Kier molecular flexibility index (Phi) is 2.45. The van der Waals surface area contributed by atoms with E-state index in [1.54, 1.807) is 6.20 Å². The zero-order valence-electron chi connectivity index (χ0n) is 8.47. The van der Waals surface area contributed by atoms with Crippen LogP contribution < -0.4 is 0 Å². The molecule has 1 aromatic heterocycles. The van der Waals surface area contributed by atoms with Crippen LogP contribution in [0.1, 0.15) is 36.7 Å². The molecule has 0 spiro atoms. The Balaban J connectivity index is 3.10. The summed E-state index contributed by atoms with van der Waals surface area (Å²) in [6.07, 6.45) is 3.51. The highest BCUT2D eigenvalue weighted by Gasteiger charge is 2.22. The van der Waals surface area contributed by atoms with Crippen LogP contribution in [0.4, 0.5) is 0 Å². The Labute approximate surface area is 78.1 Å². The van der Waals surface area contributed by atoms with Gasteiger partial charge in [-0.2, -0.15) is 0 Å². The van der Waals surface area contributed by atoms with E-state index in [0.29, 0.717) is 5.56 Å². The fourth-order valence-corrected chi connectivity index (χ4v) is 1.26. The van der Waals surface area contributed by atoms with Gasteiger partial charge >= 0.3 is 5.97 Å². The minimum absolute atomic E-state index is 0.0382. The monoisotopic (exact) mass is 181 g/mol. The molecular formula is C10H15NO2. The number of aromatic amines is 1. The topological polar surface area (TPSA) is 42.1 Å². The van der Waals surface area contributed by atoms with Crippen LogP contribution in [-0.4, -0.2) is 18.1 Å². The van der Waals surface area contributed by atoms with E-state index in [1.807, 2.05) is 6.20 Å². The maximum absolute atomic E-state index is 11.3. The molecule has 0 radical (unpaired) electrons. The lowest BCUT2D eigenvalue weighted by Crippen LogP contribution is -2.15. The third-order valence-electron chi connectivity index (χ3n) is 1.96. The van der Waals surface area contributed by atoms with Crippen molar-refractivity contribution < 1.29 is 9.53 Å². The van der Waals surface area contributed by atoms with Crippen molar-refractivity contribution in [3.8, 4) is 0 Å². The van der Waals surface area contributed by atoms with Crippen LogP contribution in [0, 0.1) is 0 Å². The van der Waals surface area contributed by atoms with Gasteiger partial charge in [0.1, 0.15) is 0 Å². The van der Waals surface area contributed by atoms with Gasteiger partial charge in [-0.25, -0.2) is 4.79 Å². The predicted molar refractivity (Wildman–Crippen MR) is 50.8 cm³/mol. The third-order valence-corrected chi connectivity index (χ3v) is 1.96. The van der Waals surface area contributed by atoms with Gasteiger partial charge in [-0.3, -0.25) is 0 Å².